The molecule has 1 aromatic heterocycles. The molecule has 16 heavy (non-hydrogen) atoms. The second kappa shape index (κ2) is 4.61. The molecular formula is C12H15N3S. The molecule has 0 radical (unpaired) electrons. The summed E-state index contributed by atoms with van der Waals surface area (Å²) in [4.78, 5) is 1.28. The number of nitrogens with zero attached hydrogens (tertiary/aromatic N) is 1. The van der Waals surface area contributed by atoms with Crippen LogP contribution in [0.5, 0.6) is 0 Å². The van der Waals surface area contributed by atoms with E-state index in [-0.39, 0.29) is 0 Å². The molecule has 1 aromatic carbocycles. The van der Waals surface area contributed by atoms with Gasteiger partial charge in [0.1, 0.15) is 5.69 Å². The number of aryl methyl sites for hydroxylation is 1. The van der Waals surface area contributed by atoms with E-state index in [0.29, 0.717) is 0 Å². The monoisotopic (exact) mass is 233 g/mol. The smallest absolute Gasteiger partial charge is 0.115 e. The van der Waals surface area contributed by atoms with Gasteiger partial charge < -0.3 is 5.73 Å². The van der Waals surface area contributed by atoms with Crippen molar-refractivity contribution in [3.63, 3.8) is 0 Å². The summed E-state index contributed by atoms with van der Waals surface area (Å²) in [5.74, 6) is 1.09. The minimum Gasteiger partial charge on any atom is -0.395 e. The number of nitrogen functional groups attached to an aromatic ring is 1. The van der Waals surface area contributed by atoms with E-state index >= 15 is 0 Å². The lowest BCUT2D eigenvalue weighted by molar-refractivity contribution is 1.05. The maximum absolute atomic E-state index is 5.93. The molecule has 0 atom stereocenters. The third-order valence-corrected chi connectivity index (χ3v) is 3.33. The largest absolute Gasteiger partial charge is 0.395 e. The van der Waals surface area contributed by atoms with E-state index in [1.807, 2.05) is 18.7 Å². The molecule has 0 aliphatic heterocycles. The Kier molecular flexibility index (Phi) is 3.19. The number of aromatic nitrogens is 2. The number of nitrogens with two attached hydrogens (primary N) is 1. The molecule has 84 valence electrons. The highest BCUT2D eigenvalue weighted by Crippen LogP contribution is 2.27. The molecule has 0 amide bonds. The topological polar surface area (TPSA) is 54.7 Å². The van der Waals surface area contributed by atoms with E-state index < -0.39 is 0 Å². The summed E-state index contributed by atoms with van der Waals surface area (Å²) in [6, 6.07) is 8.33. The molecule has 0 saturated heterocycles. The lowest BCUT2D eigenvalue weighted by atomic mass is 10.1. The van der Waals surface area contributed by atoms with Crippen molar-refractivity contribution in [3.05, 3.63) is 30.0 Å². The predicted molar refractivity (Wildman–Crippen MR) is 69.6 cm³/mol. The molecule has 2 aromatic rings. The van der Waals surface area contributed by atoms with Crippen molar-refractivity contribution < 1.29 is 0 Å². The quantitative estimate of drug-likeness (QED) is 0.801. The van der Waals surface area contributed by atoms with Gasteiger partial charge in [0, 0.05) is 10.5 Å². The third-order valence-electron chi connectivity index (χ3n) is 2.43. The van der Waals surface area contributed by atoms with Crippen molar-refractivity contribution in [1.29, 1.82) is 0 Å². The first-order valence-electron chi connectivity index (χ1n) is 5.26. The van der Waals surface area contributed by atoms with E-state index in [1.165, 1.54) is 4.90 Å². The maximum atomic E-state index is 5.93. The fourth-order valence-electron chi connectivity index (χ4n) is 1.53. The first-order valence-corrected chi connectivity index (χ1v) is 6.24. The van der Waals surface area contributed by atoms with Crippen molar-refractivity contribution in [2.75, 3.05) is 11.5 Å². The van der Waals surface area contributed by atoms with Crippen LogP contribution in [0, 0.1) is 6.92 Å². The number of hydrogen-bond acceptors (Lipinski definition) is 3. The van der Waals surface area contributed by atoms with Gasteiger partial charge in [-0.3, -0.25) is 5.10 Å². The van der Waals surface area contributed by atoms with Gasteiger partial charge in [0.2, 0.25) is 0 Å². The summed E-state index contributed by atoms with van der Waals surface area (Å²) in [6.45, 7) is 4.07. The van der Waals surface area contributed by atoms with Crippen LogP contribution in [0.2, 0.25) is 0 Å². The summed E-state index contributed by atoms with van der Waals surface area (Å²) >= 11 is 1.83. The fourth-order valence-corrected chi connectivity index (χ4v) is 2.20. The Balaban J connectivity index is 2.31. The zero-order chi connectivity index (χ0) is 11.5. The summed E-state index contributed by atoms with van der Waals surface area (Å²) in [5.41, 5.74) is 9.48. The van der Waals surface area contributed by atoms with E-state index in [4.69, 9.17) is 5.73 Å². The van der Waals surface area contributed by atoms with Crippen LogP contribution in [0.1, 0.15) is 12.6 Å². The van der Waals surface area contributed by atoms with Crippen LogP contribution in [0.3, 0.4) is 0 Å². The van der Waals surface area contributed by atoms with Crippen molar-refractivity contribution in [1.82, 2.24) is 10.2 Å². The number of aromatic amines is 1. The highest BCUT2D eigenvalue weighted by Gasteiger charge is 2.08. The summed E-state index contributed by atoms with van der Waals surface area (Å²) < 4.78 is 0. The second-order valence-electron chi connectivity index (χ2n) is 3.57. The van der Waals surface area contributed by atoms with Gasteiger partial charge in [-0.05, 0) is 24.8 Å². The van der Waals surface area contributed by atoms with Gasteiger partial charge in [-0.25, -0.2) is 0 Å². The number of hydrogen-bond donors (Lipinski definition) is 2. The van der Waals surface area contributed by atoms with Crippen molar-refractivity contribution >= 4 is 17.4 Å². The molecule has 0 aliphatic rings. The van der Waals surface area contributed by atoms with Crippen LogP contribution in [0.4, 0.5) is 5.69 Å². The average Bonchev–Trinajstić information content (AvgIpc) is 2.62. The zero-order valence-corrected chi connectivity index (χ0v) is 10.3. The van der Waals surface area contributed by atoms with Gasteiger partial charge in [-0.2, -0.15) is 5.10 Å². The summed E-state index contributed by atoms with van der Waals surface area (Å²) in [5, 5.41) is 7.10. The maximum Gasteiger partial charge on any atom is 0.115 e. The lowest BCUT2D eigenvalue weighted by Crippen LogP contribution is -1.88. The number of rotatable bonds is 3. The van der Waals surface area contributed by atoms with Gasteiger partial charge >= 0.3 is 0 Å². The Labute approximate surface area is 99.4 Å². The summed E-state index contributed by atoms with van der Waals surface area (Å²) in [7, 11) is 0. The predicted octanol–water partition coefficient (Wildman–Crippen LogP) is 3.08. The number of H-pyrrole nitrogens is 1. The van der Waals surface area contributed by atoms with Crippen molar-refractivity contribution in [2.45, 2.75) is 18.7 Å². The molecule has 0 unspecified atom stereocenters. The SMILES string of the molecule is CCSc1ccc(-c2n[nH]c(C)c2N)cc1. The van der Waals surface area contributed by atoms with Gasteiger partial charge in [0.25, 0.3) is 0 Å². The molecule has 1 heterocycles. The van der Waals surface area contributed by atoms with Crippen LogP contribution < -0.4 is 5.73 Å². The number of thioether (sulfide) groups is 1. The van der Waals surface area contributed by atoms with E-state index in [1.54, 1.807) is 0 Å². The molecule has 0 saturated carbocycles. The Morgan fingerprint density at radius 2 is 2.00 bits per heavy atom. The molecule has 0 spiro atoms. The molecular weight excluding hydrogens is 218 g/mol. The molecule has 0 aliphatic carbocycles. The fraction of sp³-hybridized carbons (Fsp3) is 0.250. The average molecular weight is 233 g/mol. The Morgan fingerprint density at radius 1 is 1.31 bits per heavy atom. The Morgan fingerprint density at radius 3 is 2.50 bits per heavy atom. The first kappa shape index (κ1) is 11.1. The highest BCUT2D eigenvalue weighted by atomic mass is 32.2. The second-order valence-corrected chi connectivity index (χ2v) is 4.91. The molecule has 3 N–H and O–H groups in total. The zero-order valence-electron chi connectivity index (χ0n) is 9.45. The van der Waals surface area contributed by atoms with E-state index in [9.17, 15) is 0 Å². The number of benzene rings is 1. The van der Waals surface area contributed by atoms with E-state index in [2.05, 4.69) is 41.4 Å². The minimum atomic E-state index is 0.732. The van der Waals surface area contributed by atoms with Gasteiger partial charge in [-0.1, -0.05) is 19.1 Å². The Hall–Kier alpha value is -1.42. The third kappa shape index (κ3) is 2.07. The molecule has 0 bridgehead atoms. The van der Waals surface area contributed by atoms with Gasteiger partial charge in [-0.15, -0.1) is 11.8 Å². The van der Waals surface area contributed by atoms with Crippen LogP contribution in [0.15, 0.2) is 29.2 Å². The molecule has 2 rings (SSSR count). The van der Waals surface area contributed by atoms with Crippen LogP contribution in [0.25, 0.3) is 11.3 Å². The Bertz CT molecular complexity index is 474. The lowest BCUT2D eigenvalue weighted by Gasteiger charge is -2.01. The van der Waals surface area contributed by atoms with Crippen LogP contribution in [-0.2, 0) is 0 Å². The summed E-state index contributed by atoms with van der Waals surface area (Å²) in [6.07, 6.45) is 0. The number of nitrogens with one attached hydrogen (secondary N) is 1. The van der Waals surface area contributed by atoms with Crippen LogP contribution in [-0.4, -0.2) is 16.0 Å². The van der Waals surface area contributed by atoms with E-state index in [0.717, 1.165) is 28.4 Å². The highest BCUT2D eigenvalue weighted by molar-refractivity contribution is 7.99. The first-order chi connectivity index (χ1) is 7.72. The minimum absolute atomic E-state index is 0.732. The normalized spacial score (nSPS) is 10.6. The van der Waals surface area contributed by atoms with Gasteiger partial charge in [0.05, 0.1) is 11.4 Å². The van der Waals surface area contributed by atoms with Gasteiger partial charge in [0.15, 0.2) is 0 Å². The molecule has 4 heteroatoms. The van der Waals surface area contributed by atoms with Crippen molar-refractivity contribution in [3.8, 4) is 11.3 Å². The van der Waals surface area contributed by atoms with Crippen molar-refractivity contribution in [2.24, 2.45) is 0 Å². The molecule has 0 fully saturated rings. The standard InChI is InChI=1S/C12H15N3S/c1-3-16-10-6-4-9(5-7-10)12-11(13)8(2)14-15-12/h4-7H,3,13H2,1-2H3,(H,14,15). The van der Waals surface area contributed by atoms with Crippen LogP contribution >= 0.6 is 11.8 Å². The molecule has 3 nitrogen and oxygen atoms in total. The number of anilines is 1.